The quantitative estimate of drug-likeness (QED) is 0.371. The van der Waals surface area contributed by atoms with E-state index >= 15 is 0 Å². The molecule has 9 heteroatoms. The fourth-order valence-corrected chi connectivity index (χ4v) is 4.44. The fraction of sp³-hybridized carbons (Fsp3) is 0.136. The molecule has 4 rings (SSSR count). The minimum absolute atomic E-state index is 0.134. The normalized spacial score (nSPS) is 10.7. The number of nitrogens with one attached hydrogen (secondary N) is 2. The number of nitrogens with zero attached hydrogens (tertiary/aromatic N) is 2. The Morgan fingerprint density at radius 3 is 2.81 bits per heavy atom. The molecule has 0 bridgehead atoms. The van der Waals surface area contributed by atoms with Crippen molar-refractivity contribution in [3.63, 3.8) is 0 Å². The highest BCUT2D eigenvalue weighted by Crippen LogP contribution is 2.24. The molecule has 3 aromatic heterocycles. The molecule has 0 aliphatic carbocycles. The Morgan fingerprint density at radius 1 is 1.10 bits per heavy atom. The molecule has 0 atom stereocenters. The van der Waals surface area contributed by atoms with Crippen molar-refractivity contribution in [3.05, 3.63) is 88.6 Å². The van der Waals surface area contributed by atoms with Gasteiger partial charge in [0.25, 0.3) is 5.91 Å². The van der Waals surface area contributed by atoms with Gasteiger partial charge >= 0.3 is 0 Å². The van der Waals surface area contributed by atoms with E-state index in [0.29, 0.717) is 30.2 Å². The largest absolute Gasteiger partial charge is 0.467 e. The Bertz CT molecular complexity index is 1140. The molecule has 2 amide bonds. The molecule has 0 radical (unpaired) electrons. The van der Waals surface area contributed by atoms with Crippen LogP contribution in [0.2, 0.25) is 0 Å². The molecule has 0 fully saturated rings. The summed E-state index contributed by atoms with van der Waals surface area (Å²) >= 11 is 2.96. The third kappa shape index (κ3) is 5.65. The predicted octanol–water partition coefficient (Wildman–Crippen LogP) is 4.25. The number of rotatable bonds is 9. The van der Waals surface area contributed by atoms with Crippen molar-refractivity contribution in [2.24, 2.45) is 0 Å². The molecule has 158 valence electrons. The molecule has 7 nitrogen and oxygen atoms in total. The van der Waals surface area contributed by atoms with Gasteiger partial charge in [-0.25, -0.2) is 4.68 Å². The molecule has 1 aromatic carbocycles. The maximum absolute atomic E-state index is 12.9. The molecule has 2 N–H and O–H groups in total. The summed E-state index contributed by atoms with van der Waals surface area (Å²) in [6, 6.07) is 16.6. The summed E-state index contributed by atoms with van der Waals surface area (Å²) in [6.07, 6.45) is 3.23. The highest BCUT2D eigenvalue weighted by molar-refractivity contribution is 8.00. The van der Waals surface area contributed by atoms with Crippen LogP contribution in [0.25, 0.3) is 0 Å². The van der Waals surface area contributed by atoms with Gasteiger partial charge in [-0.05, 0) is 35.7 Å². The van der Waals surface area contributed by atoms with Gasteiger partial charge in [0.05, 0.1) is 36.9 Å². The van der Waals surface area contributed by atoms with Crippen LogP contribution in [-0.2, 0) is 17.9 Å². The van der Waals surface area contributed by atoms with Crippen molar-refractivity contribution in [1.82, 2.24) is 15.1 Å². The van der Waals surface area contributed by atoms with Crippen LogP contribution < -0.4 is 10.6 Å². The maximum Gasteiger partial charge on any atom is 0.257 e. The third-order valence-corrected chi connectivity index (χ3v) is 6.31. The smallest absolute Gasteiger partial charge is 0.257 e. The van der Waals surface area contributed by atoms with Gasteiger partial charge in [-0.1, -0.05) is 18.2 Å². The van der Waals surface area contributed by atoms with Crippen LogP contribution in [0.15, 0.2) is 81.8 Å². The molecule has 0 saturated heterocycles. The van der Waals surface area contributed by atoms with Gasteiger partial charge in [0.15, 0.2) is 0 Å². The first-order chi connectivity index (χ1) is 15.2. The van der Waals surface area contributed by atoms with Crippen molar-refractivity contribution >= 4 is 40.7 Å². The van der Waals surface area contributed by atoms with Crippen molar-refractivity contribution in [2.45, 2.75) is 18.0 Å². The first kappa shape index (κ1) is 21.0. The monoisotopic (exact) mass is 452 g/mol. The van der Waals surface area contributed by atoms with Crippen LogP contribution >= 0.6 is 23.1 Å². The number of carbonyl (C=O) groups is 2. The lowest BCUT2D eigenvalue weighted by molar-refractivity contribution is -0.118. The van der Waals surface area contributed by atoms with E-state index in [1.807, 2.05) is 29.6 Å². The lowest BCUT2D eigenvalue weighted by atomic mass is 10.2. The van der Waals surface area contributed by atoms with Crippen molar-refractivity contribution in [2.75, 3.05) is 11.1 Å². The van der Waals surface area contributed by atoms with Crippen molar-refractivity contribution < 1.29 is 14.0 Å². The molecule has 0 aliphatic heterocycles. The Balaban J connectivity index is 1.37. The van der Waals surface area contributed by atoms with Gasteiger partial charge in [0, 0.05) is 15.8 Å². The number of thiophene rings is 1. The lowest BCUT2D eigenvalue weighted by Gasteiger charge is -2.11. The maximum atomic E-state index is 12.9. The minimum atomic E-state index is -0.243. The number of anilines is 1. The number of aromatic nitrogens is 2. The zero-order valence-electron chi connectivity index (χ0n) is 16.5. The van der Waals surface area contributed by atoms with E-state index in [1.165, 1.54) is 11.8 Å². The standard InChI is InChI=1S/C22H20N4O3S2/c27-21(23-13-16-5-3-11-29-16)15-31-19-8-2-1-7-18(19)22(28)25-20-9-10-24-26(20)14-17-6-4-12-30-17/h1-12H,13-15H2,(H,23,27)(H,25,28). The molecule has 31 heavy (non-hydrogen) atoms. The average Bonchev–Trinajstić information content (AvgIpc) is 3.55. The second-order valence-electron chi connectivity index (χ2n) is 6.55. The second kappa shape index (κ2) is 10.1. The van der Waals surface area contributed by atoms with Crippen LogP contribution in [-0.4, -0.2) is 27.3 Å². The van der Waals surface area contributed by atoms with E-state index < -0.39 is 0 Å². The van der Waals surface area contributed by atoms with Gasteiger partial charge < -0.3 is 15.1 Å². The Kier molecular flexibility index (Phi) is 6.85. The van der Waals surface area contributed by atoms with E-state index in [4.69, 9.17) is 4.42 Å². The van der Waals surface area contributed by atoms with E-state index in [-0.39, 0.29) is 17.6 Å². The number of hydrogen-bond donors (Lipinski definition) is 2. The van der Waals surface area contributed by atoms with Gasteiger partial charge in [-0.3, -0.25) is 9.59 Å². The van der Waals surface area contributed by atoms with Crippen LogP contribution in [0.4, 0.5) is 5.82 Å². The van der Waals surface area contributed by atoms with Crippen molar-refractivity contribution in [1.29, 1.82) is 0 Å². The first-order valence-electron chi connectivity index (χ1n) is 9.55. The Morgan fingerprint density at radius 2 is 2.00 bits per heavy atom. The Hall–Kier alpha value is -3.30. The zero-order valence-corrected chi connectivity index (χ0v) is 18.1. The molecular formula is C22H20N4O3S2. The molecule has 0 spiro atoms. The number of benzene rings is 1. The number of furan rings is 1. The summed E-state index contributed by atoms with van der Waals surface area (Å²) in [4.78, 5) is 27.0. The van der Waals surface area contributed by atoms with E-state index in [1.54, 1.807) is 58.8 Å². The van der Waals surface area contributed by atoms with E-state index in [0.717, 1.165) is 9.77 Å². The fourth-order valence-electron chi connectivity index (χ4n) is 2.87. The zero-order chi connectivity index (χ0) is 21.5. The molecule has 0 saturated carbocycles. The Labute approximate surface area is 187 Å². The van der Waals surface area contributed by atoms with Gasteiger partial charge in [0.1, 0.15) is 11.6 Å². The molecule has 4 aromatic rings. The van der Waals surface area contributed by atoms with Gasteiger partial charge in [-0.15, -0.1) is 23.1 Å². The van der Waals surface area contributed by atoms with Gasteiger partial charge in [-0.2, -0.15) is 5.10 Å². The van der Waals surface area contributed by atoms with Crippen LogP contribution in [0.1, 0.15) is 21.0 Å². The highest BCUT2D eigenvalue weighted by atomic mass is 32.2. The van der Waals surface area contributed by atoms with Crippen LogP contribution in [0.5, 0.6) is 0 Å². The van der Waals surface area contributed by atoms with Crippen molar-refractivity contribution in [3.8, 4) is 0 Å². The van der Waals surface area contributed by atoms with Crippen LogP contribution in [0.3, 0.4) is 0 Å². The van der Waals surface area contributed by atoms with E-state index in [9.17, 15) is 9.59 Å². The SMILES string of the molecule is O=C(CSc1ccccc1C(=O)Nc1ccnn1Cc1cccs1)NCc1ccco1. The topological polar surface area (TPSA) is 89.2 Å². The second-order valence-corrected chi connectivity index (χ2v) is 8.60. The average molecular weight is 453 g/mol. The molecule has 0 unspecified atom stereocenters. The summed E-state index contributed by atoms with van der Waals surface area (Å²) in [5, 5.41) is 12.0. The summed E-state index contributed by atoms with van der Waals surface area (Å²) in [5.41, 5.74) is 0.509. The molecule has 0 aliphatic rings. The lowest BCUT2D eigenvalue weighted by Crippen LogP contribution is -2.24. The highest BCUT2D eigenvalue weighted by Gasteiger charge is 2.15. The number of hydrogen-bond acceptors (Lipinski definition) is 6. The van der Waals surface area contributed by atoms with Gasteiger partial charge in [0.2, 0.25) is 5.91 Å². The first-order valence-corrected chi connectivity index (χ1v) is 11.4. The summed E-state index contributed by atoms with van der Waals surface area (Å²) < 4.78 is 6.96. The molecular weight excluding hydrogens is 432 g/mol. The third-order valence-electron chi connectivity index (χ3n) is 4.37. The number of carbonyl (C=O) groups excluding carboxylic acids is 2. The van der Waals surface area contributed by atoms with E-state index in [2.05, 4.69) is 15.7 Å². The summed E-state index contributed by atoms with van der Waals surface area (Å²) in [5.74, 6) is 1.13. The molecule has 3 heterocycles. The van der Waals surface area contributed by atoms with Crippen LogP contribution in [0, 0.1) is 0 Å². The summed E-state index contributed by atoms with van der Waals surface area (Å²) in [7, 11) is 0. The predicted molar refractivity (Wildman–Crippen MR) is 121 cm³/mol. The summed E-state index contributed by atoms with van der Waals surface area (Å²) in [6.45, 7) is 0.926. The minimum Gasteiger partial charge on any atom is -0.467 e. The number of amides is 2. The number of thioether (sulfide) groups is 1.